The first-order valence-corrected chi connectivity index (χ1v) is 8.47. The van der Waals surface area contributed by atoms with Crippen LogP contribution in [-0.4, -0.2) is 60.1 Å². The number of likely N-dealkylation sites (N-methyl/N-ethyl adjacent to an activating group) is 1. The first kappa shape index (κ1) is 20.1. The molecule has 1 saturated heterocycles. The van der Waals surface area contributed by atoms with Crippen LogP contribution in [0.25, 0.3) is 0 Å². The van der Waals surface area contributed by atoms with Crippen LogP contribution in [0.3, 0.4) is 0 Å². The molecule has 1 amide bonds. The summed E-state index contributed by atoms with van der Waals surface area (Å²) in [5.74, 6) is -1.09. The second kappa shape index (κ2) is 8.93. The number of carboxylic acid groups (broad SMARTS) is 1. The molecular formula is C18H24F2N2O4. The zero-order valence-corrected chi connectivity index (χ0v) is 14.9. The first-order chi connectivity index (χ1) is 12.2. The van der Waals surface area contributed by atoms with E-state index in [0.29, 0.717) is 26.1 Å². The zero-order valence-electron chi connectivity index (χ0n) is 14.9. The summed E-state index contributed by atoms with van der Waals surface area (Å²) in [6.07, 6.45) is 0.628. The second-order valence-electron chi connectivity index (χ2n) is 6.84. The van der Waals surface area contributed by atoms with Gasteiger partial charge in [0, 0.05) is 26.7 Å². The quantitative estimate of drug-likeness (QED) is 0.798. The van der Waals surface area contributed by atoms with Gasteiger partial charge in [0.2, 0.25) is 5.91 Å². The molecule has 26 heavy (non-hydrogen) atoms. The van der Waals surface area contributed by atoms with E-state index in [1.54, 1.807) is 19.2 Å². The number of halogens is 2. The fourth-order valence-electron chi connectivity index (χ4n) is 3.22. The molecule has 1 heterocycles. The standard InChI is InChI=1S/C18H24F2N2O4/c1-12-7-14(17(24)25)10-22(8-12)11-16(23)21(2)9-13-3-5-15(6-4-13)26-18(19)20/h3-6,12,14,18H,7-11H2,1-2H3,(H,24,25). The Morgan fingerprint density at radius 1 is 1.31 bits per heavy atom. The molecule has 1 aliphatic heterocycles. The molecule has 6 nitrogen and oxygen atoms in total. The van der Waals surface area contributed by atoms with E-state index in [9.17, 15) is 23.5 Å². The van der Waals surface area contributed by atoms with E-state index in [1.807, 2.05) is 11.8 Å². The van der Waals surface area contributed by atoms with Crippen molar-refractivity contribution in [1.82, 2.24) is 9.80 Å². The molecule has 2 unspecified atom stereocenters. The molecule has 0 aliphatic carbocycles. The largest absolute Gasteiger partial charge is 0.481 e. The minimum Gasteiger partial charge on any atom is -0.481 e. The van der Waals surface area contributed by atoms with Crippen LogP contribution in [-0.2, 0) is 16.1 Å². The average Bonchev–Trinajstić information content (AvgIpc) is 2.55. The Morgan fingerprint density at radius 2 is 1.96 bits per heavy atom. The number of nitrogens with zero attached hydrogens (tertiary/aromatic N) is 2. The molecule has 8 heteroatoms. The van der Waals surface area contributed by atoms with Crippen molar-refractivity contribution in [1.29, 1.82) is 0 Å². The van der Waals surface area contributed by atoms with Gasteiger partial charge < -0.3 is 14.7 Å². The molecular weight excluding hydrogens is 346 g/mol. The summed E-state index contributed by atoms with van der Waals surface area (Å²) in [5, 5.41) is 9.21. The Morgan fingerprint density at radius 3 is 2.54 bits per heavy atom. The summed E-state index contributed by atoms with van der Waals surface area (Å²) in [4.78, 5) is 27.1. The van der Waals surface area contributed by atoms with Crippen LogP contribution in [0.4, 0.5) is 8.78 Å². The lowest BCUT2D eigenvalue weighted by Crippen LogP contribution is -2.47. The fraction of sp³-hybridized carbons (Fsp3) is 0.556. The Labute approximate surface area is 151 Å². The molecule has 1 fully saturated rings. The molecule has 0 saturated carbocycles. The number of benzene rings is 1. The van der Waals surface area contributed by atoms with Gasteiger partial charge >= 0.3 is 12.6 Å². The van der Waals surface area contributed by atoms with Crippen LogP contribution < -0.4 is 4.74 Å². The molecule has 2 atom stereocenters. The molecule has 0 bridgehead atoms. The van der Waals surface area contributed by atoms with Crippen molar-refractivity contribution in [2.45, 2.75) is 26.5 Å². The summed E-state index contributed by atoms with van der Waals surface area (Å²) < 4.78 is 28.6. The van der Waals surface area contributed by atoms with Crippen LogP contribution in [0.5, 0.6) is 5.75 Å². The fourth-order valence-corrected chi connectivity index (χ4v) is 3.22. The smallest absolute Gasteiger partial charge is 0.387 e. The van der Waals surface area contributed by atoms with E-state index in [-0.39, 0.29) is 24.1 Å². The van der Waals surface area contributed by atoms with Crippen molar-refractivity contribution in [3.8, 4) is 5.75 Å². The third-order valence-corrected chi connectivity index (χ3v) is 4.44. The first-order valence-electron chi connectivity index (χ1n) is 8.47. The van der Waals surface area contributed by atoms with Crippen LogP contribution in [0.2, 0.25) is 0 Å². The molecule has 144 valence electrons. The van der Waals surface area contributed by atoms with Gasteiger partial charge in [-0.2, -0.15) is 8.78 Å². The molecule has 1 aromatic rings. The van der Waals surface area contributed by atoms with Gasteiger partial charge in [0.1, 0.15) is 5.75 Å². The summed E-state index contributed by atoms with van der Waals surface area (Å²) in [6, 6.07) is 6.13. The highest BCUT2D eigenvalue weighted by molar-refractivity contribution is 5.78. The monoisotopic (exact) mass is 370 g/mol. The molecule has 0 aromatic heterocycles. The molecule has 0 spiro atoms. The minimum atomic E-state index is -2.87. The summed E-state index contributed by atoms with van der Waals surface area (Å²) in [7, 11) is 1.66. The van der Waals surface area contributed by atoms with Gasteiger partial charge in [-0.3, -0.25) is 14.5 Å². The summed E-state index contributed by atoms with van der Waals surface area (Å²) in [6.45, 7) is 0.685. The van der Waals surface area contributed by atoms with Gasteiger partial charge in [-0.25, -0.2) is 0 Å². The number of carbonyl (C=O) groups excluding carboxylic acids is 1. The van der Waals surface area contributed by atoms with Gasteiger partial charge in [-0.15, -0.1) is 0 Å². The van der Waals surface area contributed by atoms with Crippen molar-refractivity contribution in [3.63, 3.8) is 0 Å². The van der Waals surface area contributed by atoms with Gasteiger partial charge in [-0.1, -0.05) is 19.1 Å². The number of carbonyl (C=O) groups is 2. The number of rotatable bonds is 7. The lowest BCUT2D eigenvalue weighted by Gasteiger charge is -2.35. The minimum absolute atomic E-state index is 0.0692. The highest BCUT2D eigenvalue weighted by Gasteiger charge is 2.30. The van der Waals surface area contributed by atoms with Crippen LogP contribution in [0.1, 0.15) is 18.9 Å². The number of hydrogen-bond acceptors (Lipinski definition) is 4. The van der Waals surface area contributed by atoms with Crippen LogP contribution >= 0.6 is 0 Å². The maximum Gasteiger partial charge on any atom is 0.387 e. The third-order valence-electron chi connectivity index (χ3n) is 4.44. The number of amides is 1. The normalized spacial score (nSPS) is 20.8. The van der Waals surface area contributed by atoms with E-state index < -0.39 is 18.5 Å². The lowest BCUT2D eigenvalue weighted by molar-refractivity contribution is -0.145. The van der Waals surface area contributed by atoms with Crippen molar-refractivity contribution < 1.29 is 28.2 Å². The lowest BCUT2D eigenvalue weighted by atomic mass is 9.90. The molecule has 1 aliphatic rings. The van der Waals surface area contributed by atoms with E-state index in [4.69, 9.17) is 0 Å². The Balaban J connectivity index is 1.87. The van der Waals surface area contributed by atoms with Crippen molar-refractivity contribution in [3.05, 3.63) is 29.8 Å². The number of aliphatic carboxylic acids is 1. The van der Waals surface area contributed by atoms with Gasteiger partial charge in [0.05, 0.1) is 12.5 Å². The van der Waals surface area contributed by atoms with Gasteiger partial charge in [0.25, 0.3) is 0 Å². The predicted molar refractivity (Wildman–Crippen MR) is 90.9 cm³/mol. The number of hydrogen-bond donors (Lipinski definition) is 1. The Bertz CT molecular complexity index is 624. The molecule has 1 N–H and O–H groups in total. The Kier molecular flexibility index (Phi) is 6.90. The van der Waals surface area contributed by atoms with E-state index in [1.165, 1.54) is 17.0 Å². The molecule has 2 rings (SSSR count). The van der Waals surface area contributed by atoms with Crippen LogP contribution in [0, 0.1) is 11.8 Å². The van der Waals surface area contributed by atoms with Crippen molar-refractivity contribution >= 4 is 11.9 Å². The number of alkyl halides is 2. The third kappa shape index (κ3) is 5.94. The maximum absolute atomic E-state index is 12.4. The second-order valence-corrected chi connectivity index (χ2v) is 6.84. The van der Waals surface area contributed by atoms with E-state index in [0.717, 1.165) is 5.56 Å². The van der Waals surface area contributed by atoms with Gasteiger partial charge in [0.15, 0.2) is 0 Å². The predicted octanol–water partition coefficient (Wildman–Crippen LogP) is 2.29. The zero-order chi connectivity index (χ0) is 19.3. The Hall–Kier alpha value is -2.22. The molecule has 1 aromatic carbocycles. The van der Waals surface area contributed by atoms with Crippen LogP contribution in [0.15, 0.2) is 24.3 Å². The van der Waals surface area contributed by atoms with E-state index >= 15 is 0 Å². The number of carboxylic acids is 1. The molecule has 0 radical (unpaired) electrons. The summed E-state index contributed by atoms with van der Waals surface area (Å²) >= 11 is 0. The van der Waals surface area contributed by atoms with Crippen molar-refractivity contribution in [2.75, 3.05) is 26.7 Å². The summed E-state index contributed by atoms with van der Waals surface area (Å²) in [5.41, 5.74) is 0.790. The number of ether oxygens (including phenoxy) is 1. The topological polar surface area (TPSA) is 70.1 Å². The van der Waals surface area contributed by atoms with Crippen molar-refractivity contribution in [2.24, 2.45) is 11.8 Å². The van der Waals surface area contributed by atoms with Gasteiger partial charge in [-0.05, 0) is 30.0 Å². The number of piperidine rings is 1. The average molecular weight is 370 g/mol. The SMILES string of the molecule is CC1CC(C(=O)O)CN(CC(=O)N(C)Cc2ccc(OC(F)F)cc2)C1. The maximum atomic E-state index is 12.4. The highest BCUT2D eigenvalue weighted by atomic mass is 19.3. The number of likely N-dealkylation sites (tertiary alicyclic amines) is 1. The highest BCUT2D eigenvalue weighted by Crippen LogP contribution is 2.22. The van der Waals surface area contributed by atoms with E-state index in [2.05, 4.69) is 4.74 Å².